The van der Waals surface area contributed by atoms with Crippen LogP contribution in [0, 0.1) is 13.8 Å². The van der Waals surface area contributed by atoms with Crippen LogP contribution >= 0.6 is 12.4 Å². The molecule has 0 radical (unpaired) electrons. The molecule has 2 N–H and O–H groups in total. The lowest BCUT2D eigenvalue weighted by atomic mass is 10.0. The van der Waals surface area contributed by atoms with Gasteiger partial charge in [-0.25, -0.2) is 0 Å². The fourth-order valence-electron chi connectivity index (χ4n) is 3.50. The minimum atomic E-state index is -0.0659. The molecule has 2 aromatic rings. The number of carbonyl (C=O) groups is 1. The normalized spacial score (nSPS) is 14.9. The molecule has 1 aromatic carbocycles. The standard InChI is InChI=1S/C21H29N5O2.ClH/c1-15-20(22)16(2)24-21(23-15)28-14-19(27)25(3)18-9-11-26(12-10-18)13-17-7-5-4-6-8-17;/h4-8,18H,9-14,22H2,1-3H3;1H. The van der Waals surface area contributed by atoms with Crippen molar-refractivity contribution in [3.05, 3.63) is 47.3 Å². The number of halogens is 1. The third-order valence-corrected chi connectivity index (χ3v) is 5.38. The van der Waals surface area contributed by atoms with Gasteiger partial charge in [-0.3, -0.25) is 9.69 Å². The molecular weight excluding hydrogens is 390 g/mol. The number of aryl methyl sites for hydroxylation is 2. The highest BCUT2D eigenvalue weighted by atomic mass is 35.5. The summed E-state index contributed by atoms with van der Waals surface area (Å²) in [5.41, 5.74) is 9.06. The van der Waals surface area contributed by atoms with Crippen molar-refractivity contribution in [2.24, 2.45) is 0 Å². The number of hydrogen-bond donors (Lipinski definition) is 1. The number of anilines is 1. The van der Waals surface area contributed by atoms with E-state index in [4.69, 9.17) is 10.5 Å². The van der Waals surface area contributed by atoms with Gasteiger partial charge in [0.2, 0.25) is 0 Å². The molecule has 0 spiro atoms. The van der Waals surface area contributed by atoms with Gasteiger partial charge in [0.25, 0.3) is 5.91 Å². The largest absolute Gasteiger partial charge is 0.453 e. The first-order valence-electron chi connectivity index (χ1n) is 9.69. The van der Waals surface area contributed by atoms with Crippen molar-refractivity contribution in [2.45, 2.75) is 39.3 Å². The molecule has 1 aromatic heterocycles. The number of aromatic nitrogens is 2. The summed E-state index contributed by atoms with van der Waals surface area (Å²) in [4.78, 5) is 25.2. The molecule has 29 heavy (non-hydrogen) atoms. The number of amides is 1. The average Bonchev–Trinajstić information content (AvgIpc) is 2.71. The first-order valence-corrected chi connectivity index (χ1v) is 9.69. The van der Waals surface area contributed by atoms with E-state index >= 15 is 0 Å². The first-order chi connectivity index (χ1) is 13.4. The first kappa shape index (κ1) is 22.9. The Kier molecular flexibility index (Phi) is 8.22. The van der Waals surface area contributed by atoms with Crippen molar-refractivity contribution in [1.29, 1.82) is 0 Å². The average molecular weight is 420 g/mol. The van der Waals surface area contributed by atoms with E-state index in [0.29, 0.717) is 17.1 Å². The van der Waals surface area contributed by atoms with Gasteiger partial charge in [-0.15, -0.1) is 12.4 Å². The van der Waals surface area contributed by atoms with Crippen molar-refractivity contribution in [3.8, 4) is 6.01 Å². The van der Waals surface area contributed by atoms with E-state index in [2.05, 4.69) is 39.1 Å². The Bertz CT molecular complexity index is 787. The lowest BCUT2D eigenvalue weighted by molar-refractivity contribution is -0.135. The van der Waals surface area contributed by atoms with Gasteiger partial charge in [0.15, 0.2) is 6.61 Å². The van der Waals surface area contributed by atoms with E-state index in [-0.39, 0.29) is 37.0 Å². The molecule has 1 saturated heterocycles. The van der Waals surface area contributed by atoms with E-state index in [0.717, 1.165) is 32.5 Å². The van der Waals surface area contributed by atoms with Crippen LogP contribution in [0.15, 0.2) is 30.3 Å². The summed E-state index contributed by atoms with van der Waals surface area (Å²) < 4.78 is 5.52. The number of carbonyl (C=O) groups excluding carboxylic acids is 1. The van der Waals surface area contributed by atoms with Crippen LogP contribution < -0.4 is 10.5 Å². The molecule has 0 aliphatic carbocycles. The highest BCUT2D eigenvalue weighted by Crippen LogP contribution is 2.19. The number of piperidine rings is 1. The second-order valence-corrected chi connectivity index (χ2v) is 7.38. The van der Waals surface area contributed by atoms with Gasteiger partial charge in [-0.05, 0) is 32.3 Å². The maximum absolute atomic E-state index is 12.5. The highest BCUT2D eigenvalue weighted by molar-refractivity contribution is 5.85. The number of ether oxygens (including phenoxy) is 1. The number of nitrogens with two attached hydrogens (primary N) is 1. The Hall–Kier alpha value is -2.38. The van der Waals surface area contributed by atoms with E-state index in [9.17, 15) is 4.79 Å². The smallest absolute Gasteiger partial charge is 0.317 e. The van der Waals surface area contributed by atoms with Crippen LogP contribution in [-0.4, -0.2) is 58.5 Å². The van der Waals surface area contributed by atoms with E-state index < -0.39 is 0 Å². The Balaban J connectivity index is 0.00000300. The van der Waals surface area contributed by atoms with Gasteiger partial charge < -0.3 is 15.4 Å². The molecule has 0 atom stereocenters. The van der Waals surface area contributed by atoms with E-state index in [1.807, 2.05) is 13.1 Å². The van der Waals surface area contributed by atoms with Crippen LogP contribution in [0.1, 0.15) is 29.8 Å². The third-order valence-electron chi connectivity index (χ3n) is 5.38. The van der Waals surface area contributed by atoms with E-state index in [1.54, 1.807) is 18.7 Å². The zero-order chi connectivity index (χ0) is 20.1. The maximum Gasteiger partial charge on any atom is 0.317 e. The van der Waals surface area contributed by atoms with Crippen molar-refractivity contribution < 1.29 is 9.53 Å². The minimum Gasteiger partial charge on any atom is -0.453 e. The monoisotopic (exact) mass is 419 g/mol. The molecule has 3 rings (SSSR count). The molecule has 1 amide bonds. The van der Waals surface area contributed by atoms with Crippen LogP contribution in [0.5, 0.6) is 6.01 Å². The number of likely N-dealkylation sites (tertiary alicyclic amines) is 1. The van der Waals surface area contributed by atoms with Crippen molar-refractivity contribution in [2.75, 3.05) is 32.5 Å². The summed E-state index contributed by atoms with van der Waals surface area (Å²) >= 11 is 0. The van der Waals surface area contributed by atoms with Crippen molar-refractivity contribution in [1.82, 2.24) is 19.8 Å². The fourth-order valence-corrected chi connectivity index (χ4v) is 3.50. The Morgan fingerprint density at radius 1 is 1.17 bits per heavy atom. The Morgan fingerprint density at radius 2 is 1.76 bits per heavy atom. The summed E-state index contributed by atoms with van der Waals surface area (Å²) in [7, 11) is 1.85. The van der Waals surface area contributed by atoms with Crippen LogP contribution in [0.25, 0.3) is 0 Å². The number of rotatable bonds is 6. The van der Waals surface area contributed by atoms with Gasteiger partial charge in [-0.2, -0.15) is 9.97 Å². The summed E-state index contributed by atoms with van der Waals surface area (Å²) in [5.74, 6) is -0.0581. The van der Waals surface area contributed by atoms with Gasteiger partial charge in [0.05, 0.1) is 17.1 Å². The molecule has 7 nitrogen and oxygen atoms in total. The predicted octanol–water partition coefficient (Wildman–Crippen LogP) is 2.60. The Morgan fingerprint density at radius 3 is 2.34 bits per heavy atom. The lowest BCUT2D eigenvalue weighted by Crippen LogP contribution is -2.46. The van der Waals surface area contributed by atoms with E-state index in [1.165, 1.54) is 5.56 Å². The third kappa shape index (κ3) is 6.05. The fraction of sp³-hybridized carbons (Fsp3) is 0.476. The van der Waals surface area contributed by atoms with Crippen molar-refractivity contribution >= 4 is 24.0 Å². The molecule has 1 aliphatic rings. The molecule has 8 heteroatoms. The number of nitrogens with zero attached hydrogens (tertiary/aromatic N) is 4. The zero-order valence-corrected chi connectivity index (χ0v) is 18.1. The van der Waals surface area contributed by atoms with Crippen LogP contribution in [0.4, 0.5) is 5.69 Å². The molecule has 1 aliphatic heterocycles. The number of hydrogen-bond acceptors (Lipinski definition) is 6. The van der Waals surface area contributed by atoms with Gasteiger partial charge in [0.1, 0.15) is 0 Å². The molecule has 2 heterocycles. The molecular formula is C21H30ClN5O2. The molecule has 158 valence electrons. The quantitative estimate of drug-likeness (QED) is 0.774. The topological polar surface area (TPSA) is 84.6 Å². The van der Waals surface area contributed by atoms with Crippen LogP contribution in [0.2, 0.25) is 0 Å². The Labute approximate surface area is 178 Å². The molecule has 0 saturated carbocycles. The lowest BCUT2D eigenvalue weighted by Gasteiger charge is -2.36. The van der Waals surface area contributed by atoms with Gasteiger partial charge in [-0.1, -0.05) is 30.3 Å². The van der Waals surface area contributed by atoms with Gasteiger partial charge in [0, 0.05) is 32.7 Å². The molecule has 1 fully saturated rings. The number of benzene rings is 1. The SMILES string of the molecule is Cc1nc(OCC(=O)N(C)C2CCN(Cc3ccccc3)CC2)nc(C)c1N.Cl. The number of nitrogen functional groups attached to an aromatic ring is 1. The minimum absolute atomic E-state index is 0. The molecule has 0 bridgehead atoms. The summed E-state index contributed by atoms with van der Waals surface area (Å²) in [6.07, 6.45) is 1.93. The van der Waals surface area contributed by atoms with Crippen molar-refractivity contribution in [3.63, 3.8) is 0 Å². The summed E-state index contributed by atoms with van der Waals surface area (Å²) in [5, 5.41) is 0. The van der Waals surface area contributed by atoms with Crippen LogP contribution in [0.3, 0.4) is 0 Å². The van der Waals surface area contributed by atoms with Crippen LogP contribution in [-0.2, 0) is 11.3 Å². The second kappa shape index (κ2) is 10.4. The zero-order valence-electron chi connectivity index (χ0n) is 17.3. The number of likely N-dealkylation sites (N-methyl/N-ethyl adjacent to an activating group) is 1. The highest BCUT2D eigenvalue weighted by Gasteiger charge is 2.25. The second-order valence-electron chi connectivity index (χ2n) is 7.38. The van der Waals surface area contributed by atoms with Gasteiger partial charge >= 0.3 is 6.01 Å². The predicted molar refractivity (Wildman–Crippen MR) is 116 cm³/mol. The maximum atomic E-state index is 12.5. The summed E-state index contributed by atoms with van der Waals surface area (Å²) in [6, 6.07) is 10.9. The molecule has 0 unspecified atom stereocenters. The summed E-state index contributed by atoms with van der Waals surface area (Å²) in [6.45, 7) is 6.46.